The van der Waals surface area contributed by atoms with Crippen LogP contribution in [0.4, 0.5) is 5.69 Å². The molecule has 0 bridgehead atoms. The molecule has 0 aliphatic heterocycles. The zero-order chi connectivity index (χ0) is 17.8. The molecule has 0 fully saturated rings. The van der Waals surface area contributed by atoms with Gasteiger partial charge in [0, 0.05) is 23.2 Å². The lowest BCUT2D eigenvalue weighted by molar-refractivity contribution is -0.114. The standard InChI is InChI=1S/C18H13Cl2N3O2/c1-11(24)21-15-7-5-12(6-8-15)9-16(20)18-22-17(23-25-18)13-3-2-4-14(19)10-13/h2-10H,1H3,(H,21,24)/b16-9-. The number of anilines is 1. The molecule has 0 aliphatic rings. The predicted octanol–water partition coefficient (Wildman–Crippen LogP) is 5.09. The van der Waals surface area contributed by atoms with Gasteiger partial charge >= 0.3 is 0 Å². The van der Waals surface area contributed by atoms with Gasteiger partial charge < -0.3 is 9.84 Å². The lowest BCUT2D eigenvalue weighted by atomic mass is 10.2. The Bertz CT molecular complexity index is 934. The maximum atomic E-state index is 11.0. The topological polar surface area (TPSA) is 68.0 Å². The van der Waals surface area contributed by atoms with Gasteiger partial charge in [0.15, 0.2) is 0 Å². The number of hydrogen-bond acceptors (Lipinski definition) is 4. The Balaban J connectivity index is 1.80. The number of nitrogens with zero attached hydrogens (tertiary/aromatic N) is 2. The van der Waals surface area contributed by atoms with Crippen molar-refractivity contribution < 1.29 is 9.32 Å². The third-order valence-electron chi connectivity index (χ3n) is 3.24. The minimum absolute atomic E-state index is 0.124. The number of benzene rings is 2. The largest absolute Gasteiger partial charge is 0.333 e. The SMILES string of the molecule is CC(=O)Nc1ccc(/C=C(\Cl)c2nc(-c3cccc(Cl)c3)no2)cc1. The molecule has 5 nitrogen and oxygen atoms in total. The number of aromatic nitrogens is 2. The molecule has 0 aliphatic carbocycles. The van der Waals surface area contributed by atoms with Gasteiger partial charge in [0.05, 0.1) is 0 Å². The van der Waals surface area contributed by atoms with Crippen LogP contribution in [0.2, 0.25) is 5.02 Å². The third kappa shape index (κ3) is 4.47. The summed E-state index contributed by atoms with van der Waals surface area (Å²) in [7, 11) is 0. The number of carbonyl (C=O) groups excluding carboxylic acids is 1. The first-order valence-electron chi connectivity index (χ1n) is 7.36. The van der Waals surface area contributed by atoms with Crippen LogP contribution in [0, 0.1) is 0 Å². The van der Waals surface area contributed by atoms with Crippen LogP contribution in [0.15, 0.2) is 53.1 Å². The summed E-state index contributed by atoms with van der Waals surface area (Å²) >= 11 is 12.2. The normalized spacial score (nSPS) is 11.4. The zero-order valence-corrected chi connectivity index (χ0v) is 14.7. The maximum Gasteiger partial charge on any atom is 0.269 e. The predicted molar refractivity (Wildman–Crippen MR) is 99.2 cm³/mol. The minimum Gasteiger partial charge on any atom is -0.333 e. The van der Waals surface area contributed by atoms with E-state index in [4.69, 9.17) is 27.7 Å². The highest BCUT2D eigenvalue weighted by Gasteiger charge is 2.12. The van der Waals surface area contributed by atoms with Crippen molar-refractivity contribution in [3.63, 3.8) is 0 Å². The molecule has 1 aromatic heterocycles. The molecule has 0 saturated heterocycles. The van der Waals surface area contributed by atoms with Crippen molar-refractivity contribution >= 4 is 45.9 Å². The summed E-state index contributed by atoms with van der Waals surface area (Å²) in [4.78, 5) is 15.3. The van der Waals surface area contributed by atoms with Crippen LogP contribution in [-0.2, 0) is 4.79 Å². The van der Waals surface area contributed by atoms with Crippen molar-refractivity contribution in [1.29, 1.82) is 0 Å². The van der Waals surface area contributed by atoms with Gasteiger partial charge in [-0.15, -0.1) is 0 Å². The molecule has 0 atom stereocenters. The van der Waals surface area contributed by atoms with Crippen LogP contribution in [0.1, 0.15) is 18.4 Å². The van der Waals surface area contributed by atoms with Crippen molar-refractivity contribution in [2.75, 3.05) is 5.32 Å². The molecule has 126 valence electrons. The summed E-state index contributed by atoms with van der Waals surface area (Å²) < 4.78 is 5.21. The van der Waals surface area contributed by atoms with Gasteiger partial charge in [-0.25, -0.2) is 0 Å². The molecule has 0 spiro atoms. The van der Waals surface area contributed by atoms with E-state index in [2.05, 4.69) is 15.5 Å². The first-order chi connectivity index (χ1) is 12.0. The Morgan fingerprint density at radius 3 is 2.64 bits per heavy atom. The van der Waals surface area contributed by atoms with E-state index < -0.39 is 0 Å². The van der Waals surface area contributed by atoms with Gasteiger partial charge in [-0.3, -0.25) is 4.79 Å². The maximum absolute atomic E-state index is 11.0. The number of halogens is 2. The Morgan fingerprint density at radius 1 is 1.20 bits per heavy atom. The average Bonchev–Trinajstić information content (AvgIpc) is 3.06. The van der Waals surface area contributed by atoms with Crippen molar-refractivity contribution in [3.05, 3.63) is 65.0 Å². The van der Waals surface area contributed by atoms with E-state index in [1.165, 1.54) is 6.92 Å². The van der Waals surface area contributed by atoms with E-state index in [-0.39, 0.29) is 11.8 Å². The zero-order valence-electron chi connectivity index (χ0n) is 13.2. The molecule has 3 rings (SSSR count). The van der Waals surface area contributed by atoms with Gasteiger partial charge in [0.1, 0.15) is 5.03 Å². The lowest BCUT2D eigenvalue weighted by Crippen LogP contribution is -2.05. The molecule has 3 aromatic rings. The molecule has 1 heterocycles. The van der Waals surface area contributed by atoms with Gasteiger partial charge in [-0.1, -0.05) is 52.6 Å². The average molecular weight is 374 g/mol. The first kappa shape index (κ1) is 17.2. The Kier molecular flexibility index (Phi) is 5.16. The Hall–Kier alpha value is -2.63. The lowest BCUT2D eigenvalue weighted by Gasteiger charge is -2.01. The molecule has 25 heavy (non-hydrogen) atoms. The van der Waals surface area contributed by atoms with Crippen molar-refractivity contribution in [1.82, 2.24) is 10.1 Å². The fourth-order valence-electron chi connectivity index (χ4n) is 2.14. The number of amides is 1. The molecular formula is C18H13Cl2N3O2. The fourth-order valence-corrected chi connectivity index (χ4v) is 2.53. The molecular weight excluding hydrogens is 361 g/mol. The first-order valence-corrected chi connectivity index (χ1v) is 8.12. The fraction of sp³-hybridized carbons (Fsp3) is 0.0556. The summed E-state index contributed by atoms with van der Waals surface area (Å²) in [6.07, 6.45) is 1.70. The summed E-state index contributed by atoms with van der Waals surface area (Å²) in [5, 5.41) is 7.52. The molecule has 0 saturated carbocycles. The van der Waals surface area contributed by atoms with Gasteiger partial charge in [0.2, 0.25) is 11.7 Å². The second-order valence-corrected chi connectivity index (χ2v) is 6.07. The minimum atomic E-state index is -0.124. The highest BCUT2D eigenvalue weighted by atomic mass is 35.5. The van der Waals surface area contributed by atoms with E-state index in [0.29, 0.717) is 21.6 Å². The monoisotopic (exact) mass is 373 g/mol. The summed E-state index contributed by atoms with van der Waals surface area (Å²) in [6, 6.07) is 14.4. The summed E-state index contributed by atoms with van der Waals surface area (Å²) in [5.74, 6) is 0.494. The van der Waals surface area contributed by atoms with Crippen LogP contribution in [0.3, 0.4) is 0 Å². The molecule has 7 heteroatoms. The molecule has 2 aromatic carbocycles. The highest BCUT2D eigenvalue weighted by molar-refractivity contribution is 6.50. The van der Waals surface area contributed by atoms with Crippen molar-refractivity contribution in [2.24, 2.45) is 0 Å². The van der Waals surface area contributed by atoms with Crippen molar-refractivity contribution in [3.8, 4) is 11.4 Å². The smallest absolute Gasteiger partial charge is 0.269 e. The molecule has 0 unspecified atom stereocenters. The number of hydrogen-bond donors (Lipinski definition) is 1. The number of rotatable bonds is 4. The molecule has 1 N–H and O–H groups in total. The van der Waals surface area contributed by atoms with Gasteiger partial charge in [-0.05, 0) is 35.9 Å². The van der Waals surface area contributed by atoms with Crippen LogP contribution in [0.5, 0.6) is 0 Å². The third-order valence-corrected chi connectivity index (χ3v) is 3.74. The Morgan fingerprint density at radius 2 is 1.96 bits per heavy atom. The Labute approximate surface area is 154 Å². The number of nitrogens with one attached hydrogen (secondary N) is 1. The van der Waals surface area contributed by atoms with Crippen molar-refractivity contribution in [2.45, 2.75) is 6.92 Å². The second kappa shape index (κ2) is 7.51. The van der Waals surface area contributed by atoms with Crippen LogP contribution < -0.4 is 5.32 Å². The van der Waals surface area contributed by atoms with E-state index in [1.54, 1.807) is 30.3 Å². The quantitative estimate of drug-likeness (QED) is 0.691. The summed E-state index contributed by atoms with van der Waals surface area (Å²) in [6.45, 7) is 1.46. The van der Waals surface area contributed by atoms with Gasteiger partial charge in [-0.2, -0.15) is 4.98 Å². The molecule has 0 radical (unpaired) electrons. The second-order valence-electron chi connectivity index (χ2n) is 5.23. The van der Waals surface area contributed by atoms with Gasteiger partial charge in [0.25, 0.3) is 5.89 Å². The highest BCUT2D eigenvalue weighted by Crippen LogP contribution is 2.25. The van der Waals surface area contributed by atoms with E-state index in [0.717, 1.165) is 11.1 Å². The van der Waals surface area contributed by atoms with E-state index >= 15 is 0 Å². The van der Waals surface area contributed by atoms with E-state index in [1.807, 2.05) is 24.3 Å². The molecule has 1 amide bonds. The summed E-state index contributed by atoms with van der Waals surface area (Å²) in [5.41, 5.74) is 2.29. The van der Waals surface area contributed by atoms with Crippen LogP contribution >= 0.6 is 23.2 Å². The van der Waals surface area contributed by atoms with Crippen LogP contribution in [-0.4, -0.2) is 16.0 Å². The van der Waals surface area contributed by atoms with Crippen LogP contribution in [0.25, 0.3) is 22.5 Å². The number of carbonyl (C=O) groups is 1. The van der Waals surface area contributed by atoms with E-state index in [9.17, 15) is 4.79 Å².